The molecule has 0 radical (unpaired) electrons. The first kappa shape index (κ1) is 17.4. The second kappa shape index (κ2) is 7.28. The third kappa shape index (κ3) is 3.43. The number of aromatic nitrogens is 3. The van der Waals surface area contributed by atoms with Crippen molar-refractivity contribution in [2.45, 2.75) is 17.0 Å². The summed E-state index contributed by atoms with van der Waals surface area (Å²) >= 11 is 4.74. The molecular formula is C18H15BrFN3O2S. The van der Waals surface area contributed by atoms with Crippen molar-refractivity contribution in [2.24, 2.45) is 7.05 Å². The number of para-hydroxylation sites is 2. The summed E-state index contributed by atoms with van der Waals surface area (Å²) in [6.07, 6.45) is -0.309. The highest BCUT2D eigenvalue weighted by Gasteiger charge is 2.27. The van der Waals surface area contributed by atoms with E-state index in [0.29, 0.717) is 28.4 Å². The molecular weight excluding hydrogens is 421 g/mol. The van der Waals surface area contributed by atoms with E-state index in [1.807, 2.05) is 35.9 Å². The fourth-order valence-corrected chi connectivity index (χ4v) is 3.94. The van der Waals surface area contributed by atoms with Gasteiger partial charge < -0.3 is 14.0 Å². The summed E-state index contributed by atoms with van der Waals surface area (Å²) in [5.41, 5.74) is 0.999. The maximum atomic E-state index is 13.3. The molecule has 1 aromatic heterocycles. The van der Waals surface area contributed by atoms with E-state index < -0.39 is 0 Å². The molecule has 1 aliphatic heterocycles. The minimum absolute atomic E-state index is 0.269. The van der Waals surface area contributed by atoms with Gasteiger partial charge >= 0.3 is 0 Å². The van der Waals surface area contributed by atoms with Gasteiger partial charge in [-0.25, -0.2) is 4.39 Å². The van der Waals surface area contributed by atoms with Crippen LogP contribution in [-0.4, -0.2) is 21.4 Å². The van der Waals surface area contributed by atoms with Crippen LogP contribution in [0.15, 0.2) is 52.1 Å². The molecule has 4 rings (SSSR count). The van der Waals surface area contributed by atoms with E-state index in [1.165, 1.54) is 17.8 Å². The SMILES string of the molecule is Cn1c(SCc2ccc(F)c(Br)c2)nnc1C1COc2ccccc2O1. The van der Waals surface area contributed by atoms with Crippen LogP contribution in [0.5, 0.6) is 11.5 Å². The molecule has 2 aromatic carbocycles. The molecule has 1 atom stereocenters. The number of hydrogen-bond donors (Lipinski definition) is 0. The van der Waals surface area contributed by atoms with Crippen LogP contribution in [0.1, 0.15) is 17.5 Å². The highest BCUT2D eigenvalue weighted by atomic mass is 79.9. The minimum Gasteiger partial charge on any atom is -0.485 e. The predicted octanol–water partition coefficient (Wildman–Crippen LogP) is 4.52. The van der Waals surface area contributed by atoms with E-state index in [9.17, 15) is 4.39 Å². The van der Waals surface area contributed by atoms with Crippen LogP contribution in [-0.2, 0) is 12.8 Å². The van der Waals surface area contributed by atoms with Crippen molar-refractivity contribution in [1.82, 2.24) is 14.8 Å². The molecule has 0 saturated heterocycles. The third-order valence-electron chi connectivity index (χ3n) is 4.02. The van der Waals surface area contributed by atoms with Gasteiger partial charge in [-0.3, -0.25) is 0 Å². The Balaban J connectivity index is 1.47. The molecule has 0 aliphatic carbocycles. The van der Waals surface area contributed by atoms with Crippen molar-refractivity contribution in [2.75, 3.05) is 6.61 Å². The van der Waals surface area contributed by atoms with Crippen molar-refractivity contribution in [3.05, 3.63) is 64.1 Å². The Morgan fingerprint density at radius 3 is 2.85 bits per heavy atom. The molecule has 0 bridgehead atoms. The number of hydrogen-bond acceptors (Lipinski definition) is 5. The summed E-state index contributed by atoms with van der Waals surface area (Å²) in [4.78, 5) is 0. The number of halogens is 2. The first-order chi connectivity index (χ1) is 12.6. The average molecular weight is 436 g/mol. The van der Waals surface area contributed by atoms with Gasteiger partial charge in [0.1, 0.15) is 12.4 Å². The van der Waals surface area contributed by atoms with E-state index in [2.05, 4.69) is 26.1 Å². The zero-order valence-corrected chi connectivity index (χ0v) is 16.3. The largest absolute Gasteiger partial charge is 0.485 e. The van der Waals surface area contributed by atoms with Crippen LogP contribution in [0.2, 0.25) is 0 Å². The fourth-order valence-electron chi connectivity index (χ4n) is 2.66. The Kier molecular flexibility index (Phi) is 4.86. The van der Waals surface area contributed by atoms with Crippen LogP contribution in [0.3, 0.4) is 0 Å². The molecule has 1 aliphatic rings. The lowest BCUT2D eigenvalue weighted by Crippen LogP contribution is -2.24. The Hall–Kier alpha value is -2.06. The molecule has 0 saturated carbocycles. The molecule has 26 heavy (non-hydrogen) atoms. The van der Waals surface area contributed by atoms with Gasteiger partial charge in [0.15, 0.2) is 28.6 Å². The number of fused-ring (bicyclic) bond motifs is 1. The topological polar surface area (TPSA) is 49.2 Å². The number of ether oxygens (including phenoxy) is 2. The van der Waals surface area contributed by atoms with E-state index in [0.717, 1.165) is 16.5 Å². The van der Waals surface area contributed by atoms with Crippen LogP contribution < -0.4 is 9.47 Å². The fraction of sp³-hybridized carbons (Fsp3) is 0.222. The third-order valence-corrected chi connectivity index (χ3v) is 5.72. The lowest BCUT2D eigenvalue weighted by Gasteiger charge is -2.25. The molecule has 5 nitrogen and oxygen atoms in total. The normalized spacial score (nSPS) is 15.9. The van der Waals surface area contributed by atoms with Gasteiger partial charge in [-0.05, 0) is 45.8 Å². The Bertz CT molecular complexity index is 950. The first-order valence-electron chi connectivity index (χ1n) is 7.96. The molecule has 0 spiro atoms. The zero-order chi connectivity index (χ0) is 18.1. The van der Waals surface area contributed by atoms with Crippen molar-refractivity contribution in [1.29, 1.82) is 0 Å². The zero-order valence-electron chi connectivity index (χ0n) is 13.9. The van der Waals surface area contributed by atoms with E-state index >= 15 is 0 Å². The highest BCUT2D eigenvalue weighted by Crippen LogP contribution is 2.36. The van der Waals surface area contributed by atoms with Gasteiger partial charge in [0.05, 0.1) is 4.47 Å². The van der Waals surface area contributed by atoms with Crippen molar-refractivity contribution < 1.29 is 13.9 Å². The number of nitrogens with zero attached hydrogens (tertiary/aromatic N) is 3. The molecule has 3 aromatic rings. The van der Waals surface area contributed by atoms with Gasteiger partial charge in [-0.1, -0.05) is 30.0 Å². The van der Waals surface area contributed by atoms with E-state index in [-0.39, 0.29) is 11.9 Å². The maximum absolute atomic E-state index is 13.3. The standard InChI is InChI=1S/C18H15BrFN3O2S/c1-23-17(16-9-24-14-4-2-3-5-15(14)25-16)21-22-18(23)26-10-11-6-7-13(20)12(19)8-11/h2-8,16H,9-10H2,1H3. The van der Waals surface area contributed by atoms with Gasteiger partial charge in [-0.2, -0.15) is 0 Å². The van der Waals surface area contributed by atoms with Crippen LogP contribution >= 0.6 is 27.7 Å². The van der Waals surface area contributed by atoms with Crippen LogP contribution in [0.4, 0.5) is 4.39 Å². The smallest absolute Gasteiger partial charge is 0.192 e. The van der Waals surface area contributed by atoms with E-state index in [1.54, 1.807) is 12.1 Å². The number of rotatable bonds is 4. The molecule has 8 heteroatoms. The summed E-state index contributed by atoms with van der Waals surface area (Å²) in [5.74, 6) is 2.55. The lowest BCUT2D eigenvalue weighted by molar-refractivity contribution is 0.0825. The van der Waals surface area contributed by atoms with Gasteiger partial charge in [-0.15, -0.1) is 10.2 Å². The summed E-state index contributed by atoms with van der Waals surface area (Å²) in [6, 6.07) is 12.6. The monoisotopic (exact) mass is 435 g/mol. The van der Waals surface area contributed by atoms with E-state index in [4.69, 9.17) is 9.47 Å². The van der Waals surface area contributed by atoms with Gasteiger partial charge in [0.25, 0.3) is 0 Å². The Morgan fingerprint density at radius 2 is 2.04 bits per heavy atom. The van der Waals surface area contributed by atoms with Crippen molar-refractivity contribution in [3.8, 4) is 11.5 Å². The predicted molar refractivity (Wildman–Crippen MR) is 100.0 cm³/mol. The number of benzene rings is 2. The summed E-state index contributed by atoms with van der Waals surface area (Å²) in [6.45, 7) is 0.387. The summed E-state index contributed by atoms with van der Waals surface area (Å²) < 4.78 is 27.5. The maximum Gasteiger partial charge on any atom is 0.192 e. The van der Waals surface area contributed by atoms with Crippen molar-refractivity contribution in [3.63, 3.8) is 0 Å². The number of thioether (sulfide) groups is 1. The molecule has 134 valence electrons. The van der Waals surface area contributed by atoms with Crippen LogP contribution in [0.25, 0.3) is 0 Å². The van der Waals surface area contributed by atoms with Gasteiger partial charge in [0, 0.05) is 12.8 Å². The van der Waals surface area contributed by atoms with Gasteiger partial charge in [0.2, 0.25) is 0 Å². The molecule has 1 unspecified atom stereocenters. The first-order valence-corrected chi connectivity index (χ1v) is 9.74. The lowest BCUT2D eigenvalue weighted by atomic mass is 10.2. The Morgan fingerprint density at radius 1 is 1.23 bits per heavy atom. The molecule has 0 N–H and O–H groups in total. The second-order valence-electron chi connectivity index (χ2n) is 5.80. The molecule has 0 fully saturated rings. The molecule has 0 amide bonds. The second-order valence-corrected chi connectivity index (χ2v) is 7.60. The van der Waals surface area contributed by atoms with Crippen LogP contribution in [0, 0.1) is 5.82 Å². The Labute approximate surface area is 162 Å². The minimum atomic E-state index is -0.309. The summed E-state index contributed by atoms with van der Waals surface area (Å²) in [5, 5.41) is 9.30. The quantitative estimate of drug-likeness (QED) is 0.563. The average Bonchev–Trinajstić information content (AvgIpc) is 3.03. The molecule has 2 heterocycles. The summed E-state index contributed by atoms with van der Waals surface area (Å²) in [7, 11) is 1.90. The highest BCUT2D eigenvalue weighted by molar-refractivity contribution is 9.10. The van der Waals surface area contributed by atoms with Crippen molar-refractivity contribution >= 4 is 27.7 Å².